The van der Waals surface area contributed by atoms with Crippen molar-refractivity contribution in [2.24, 2.45) is 5.92 Å². The molecule has 0 aromatic rings. The van der Waals surface area contributed by atoms with Crippen molar-refractivity contribution in [3.05, 3.63) is 0 Å². The normalized spacial score (nSPS) is 12.3. The van der Waals surface area contributed by atoms with Crippen molar-refractivity contribution in [2.75, 3.05) is 0 Å². The van der Waals surface area contributed by atoms with Gasteiger partial charge in [0.15, 0.2) is 5.78 Å². The lowest BCUT2D eigenvalue weighted by Crippen LogP contribution is -2.21. The van der Waals surface area contributed by atoms with E-state index in [2.05, 4.69) is 13.8 Å². The Hall–Kier alpha value is -0.660. The quantitative estimate of drug-likeness (QED) is 0.148. The van der Waals surface area contributed by atoms with Crippen LogP contribution in [0.1, 0.15) is 143 Å². The molecule has 160 valence electrons. The number of ketones is 2. The molecule has 0 rings (SSSR count). The van der Waals surface area contributed by atoms with Crippen LogP contribution in [0.5, 0.6) is 0 Å². The van der Waals surface area contributed by atoms with E-state index in [9.17, 15) is 9.59 Å². The number of hydrogen-bond acceptors (Lipinski definition) is 2. The number of hydrogen-bond donors (Lipinski definition) is 0. The zero-order chi connectivity index (χ0) is 20.2. The van der Waals surface area contributed by atoms with Crippen LogP contribution < -0.4 is 0 Å². The van der Waals surface area contributed by atoms with Gasteiger partial charge in [-0.1, -0.05) is 124 Å². The maximum Gasteiger partial charge on any atom is 0.201 e. The molecule has 1 unspecified atom stereocenters. The molecule has 0 saturated carbocycles. The highest BCUT2D eigenvalue weighted by Gasteiger charge is 2.20. The molecule has 0 aliphatic rings. The molecule has 27 heavy (non-hydrogen) atoms. The average Bonchev–Trinajstić information content (AvgIpc) is 2.67. The minimum atomic E-state index is -0.120. The SMILES string of the molecule is CCCCCCCCCCCC(=O)C(=O)C(C)CCCCCCCCCC. The maximum atomic E-state index is 12.2. The number of unbranched alkanes of at least 4 members (excludes halogenated alkanes) is 15. The molecule has 0 amide bonds. The Kier molecular flexibility index (Phi) is 19.6. The molecule has 0 aromatic carbocycles. The number of carbonyl (C=O) groups excluding carboxylic acids is 2. The molecule has 2 heteroatoms. The van der Waals surface area contributed by atoms with Gasteiger partial charge in [-0.2, -0.15) is 0 Å². The van der Waals surface area contributed by atoms with Crippen molar-refractivity contribution in [2.45, 2.75) is 143 Å². The summed E-state index contributed by atoms with van der Waals surface area (Å²) in [5, 5.41) is 0. The van der Waals surface area contributed by atoms with Crippen LogP contribution in [-0.4, -0.2) is 11.6 Å². The summed E-state index contributed by atoms with van der Waals surface area (Å²) in [6, 6.07) is 0. The average molecular weight is 381 g/mol. The van der Waals surface area contributed by atoms with E-state index in [4.69, 9.17) is 0 Å². The topological polar surface area (TPSA) is 34.1 Å². The maximum absolute atomic E-state index is 12.2. The standard InChI is InChI=1S/C25H48O2/c1-4-6-8-10-12-14-16-18-20-22-24(26)25(27)23(3)21-19-17-15-13-11-9-7-5-2/h23H,4-22H2,1-3H3. The molecular formula is C25H48O2. The highest BCUT2D eigenvalue weighted by atomic mass is 16.2. The van der Waals surface area contributed by atoms with E-state index in [-0.39, 0.29) is 17.5 Å². The predicted octanol–water partition coefficient (Wildman–Crippen LogP) is 8.21. The third-order valence-corrected chi connectivity index (χ3v) is 5.72. The lowest BCUT2D eigenvalue weighted by atomic mass is 9.93. The Bertz CT molecular complexity index is 348. The first kappa shape index (κ1) is 26.3. The highest BCUT2D eigenvalue weighted by Crippen LogP contribution is 2.16. The van der Waals surface area contributed by atoms with Gasteiger partial charge in [0.2, 0.25) is 5.78 Å². The van der Waals surface area contributed by atoms with E-state index in [1.165, 1.54) is 89.9 Å². The van der Waals surface area contributed by atoms with Gasteiger partial charge in [-0.15, -0.1) is 0 Å². The summed E-state index contributed by atoms with van der Waals surface area (Å²) in [6.07, 6.45) is 22.8. The van der Waals surface area contributed by atoms with Crippen molar-refractivity contribution < 1.29 is 9.59 Å². The third kappa shape index (κ3) is 17.2. The van der Waals surface area contributed by atoms with E-state index < -0.39 is 0 Å². The molecule has 0 bridgehead atoms. The summed E-state index contributed by atoms with van der Waals surface area (Å²) < 4.78 is 0. The third-order valence-electron chi connectivity index (χ3n) is 5.72. The second-order valence-electron chi connectivity index (χ2n) is 8.53. The highest BCUT2D eigenvalue weighted by molar-refractivity contribution is 6.37. The van der Waals surface area contributed by atoms with E-state index in [0.717, 1.165) is 25.7 Å². The zero-order valence-electron chi connectivity index (χ0n) is 18.8. The second kappa shape index (κ2) is 20.1. The fourth-order valence-electron chi connectivity index (χ4n) is 3.71. The first-order valence-corrected chi connectivity index (χ1v) is 12.2. The predicted molar refractivity (Wildman–Crippen MR) is 118 cm³/mol. The molecule has 1 atom stereocenters. The lowest BCUT2D eigenvalue weighted by molar-refractivity contribution is -0.138. The summed E-state index contributed by atoms with van der Waals surface area (Å²) in [6.45, 7) is 6.43. The van der Waals surface area contributed by atoms with Crippen LogP contribution in [0, 0.1) is 5.92 Å². The van der Waals surface area contributed by atoms with Crippen molar-refractivity contribution in [1.82, 2.24) is 0 Å². The Morgan fingerprint density at radius 1 is 0.556 bits per heavy atom. The van der Waals surface area contributed by atoms with Gasteiger partial charge in [-0.05, 0) is 12.8 Å². The van der Waals surface area contributed by atoms with Gasteiger partial charge in [0, 0.05) is 12.3 Å². The molecule has 0 radical (unpaired) electrons. The summed E-state index contributed by atoms with van der Waals surface area (Å²) >= 11 is 0. The largest absolute Gasteiger partial charge is 0.291 e. The first-order valence-electron chi connectivity index (χ1n) is 12.2. The molecule has 0 aliphatic carbocycles. The summed E-state index contributed by atoms with van der Waals surface area (Å²) in [5.74, 6) is -0.307. The van der Waals surface area contributed by atoms with Crippen LogP contribution in [0.15, 0.2) is 0 Å². The minimum absolute atomic E-state index is 0.0730. The molecule has 2 nitrogen and oxygen atoms in total. The Morgan fingerprint density at radius 3 is 1.37 bits per heavy atom. The van der Waals surface area contributed by atoms with Crippen LogP contribution in [0.3, 0.4) is 0 Å². The van der Waals surface area contributed by atoms with Crippen LogP contribution >= 0.6 is 0 Å². The van der Waals surface area contributed by atoms with Gasteiger partial charge in [-0.3, -0.25) is 9.59 Å². The van der Waals surface area contributed by atoms with Gasteiger partial charge in [0.1, 0.15) is 0 Å². The van der Waals surface area contributed by atoms with Crippen molar-refractivity contribution in [1.29, 1.82) is 0 Å². The van der Waals surface area contributed by atoms with E-state index >= 15 is 0 Å². The number of carbonyl (C=O) groups is 2. The Balaban J connectivity index is 3.54. The first-order chi connectivity index (χ1) is 13.1. The van der Waals surface area contributed by atoms with Crippen molar-refractivity contribution in [3.63, 3.8) is 0 Å². The molecule has 0 N–H and O–H groups in total. The van der Waals surface area contributed by atoms with Crippen molar-refractivity contribution in [3.8, 4) is 0 Å². The van der Waals surface area contributed by atoms with Gasteiger partial charge < -0.3 is 0 Å². The summed E-state index contributed by atoms with van der Waals surface area (Å²) in [7, 11) is 0. The Morgan fingerprint density at radius 2 is 0.926 bits per heavy atom. The molecule has 0 saturated heterocycles. The lowest BCUT2D eigenvalue weighted by Gasteiger charge is -2.09. The molecular weight excluding hydrogens is 332 g/mol. The van der Waals surface area contributed by atoms with Crippen LogP contribution in [0.2, 0.25) is 0 Å². The Labute approximate surface area is 170 Å². The number of Topliss-reactive ketones (excluding diaryl/α,β-unsaturated/α-hetero) is 2. The number of rotatable bonds is 21. The van der Waals surface area contributed by atoms with Gasteiger partial charge in [-0.25, -0.2) is 0 Å². The van der Waals surface area contributed by atoms with Gasteiger partial charge in [0.25, 0.3) is 0 Å². The van der Waals surface area contributed by atoms with Crippen LogP contribution in [0.4, 0.5) is 0 Å². The van der Waals surface area contributed by atoms with E-state index in [1.54, 1.807) is 0 Å². The zero-order valence-corrected chi connectivity index (χ0v) is 18.8. The fourth-order valence-corrected chi connectivity index (χ4v) is 3.71. The van der Waals surface area contributed by atoms with E-state index in [1.807, 2.05) is 6.92 Å². The molecule has 0 aliphatic heterocycles. The minimum Gasteiger partial charge on any atom is -0.291 e. The molecule has 0 spiro atoms. The van der Waals surface area contributed by atoms with Crippen LogP contribution in [0.25, 0.3) is 0 Å². The van der Waals surface area contributed by atoms with Crippen LogP contribution in [-0.2, 0) is 9.59 Å². The smallest absolute Gasteiger partial charge is 0.201 e. The molecule has 0 fully saturated rings. The fraction of sp³-hybridized carbons (Fsp3) is 0.920. The molecule has 0 aromatic heterocycles. The summed E-state index contributed by atoms with van der Waals surface area (Å²) in [5.41, 5.74) is 0. The van der Waals surface area contributed by atoms with Crippen molar-refractivity contribution >= 4 is 11.6 Å². The summed E-state index contributed by atoms with van der Waals surface area (Å²) in [4.78, 5) is 24.3. The monoisotopic (exact) mass is 380 g/mol. The van der Waals surface area contributed by atoms with Gasteiger partial charge >= 0.3 is 0 Å². The molecule has 0 heterocycles. The van der Waals surface area contributed by atoms with Gasteiger partial charge in [0.05, 0.1) is 0 Å². The second-order valence-corrected chi connectivity index (χ2v) is 8.53. The van der Waals surface area contributed by atoms with E-state index in [0.29, 0.717) is 6.42 Å².